The van der Waals surface area contributed by atoms with Gasteiger partial charge in [-0.3, -0.25) is 14.4 Å². The average Bonchev–Trinajstić information content (AvgIpc) is 2.77. The second kappa shape index (κ2) is 11.4. The predicted molar refractivity (Wildman–Crippen MR) is 128 cm³/mol. The molecule has 0 fully saturated rings. The summed E-state index contributed by atoms with van der Waals surface area (Å²) < 4.78 is 5.77. The van der Waals surface area contributed by atoms with Gasteiger partial charge in [0.05, 0.1) is 23.7 Å². The molecule has 9 heteroatoms. The Balaban J connectivity index is 1.41. The second-order valence-electron chi connectivity index (χ2n) is 7.07. The third-order valence-corrected chi connectivity index (χ3v) is 4.94. The molecule has 0 aliphatic rings. The number of aryl methyl sites for hydroxylation is 1. The van der Waals surface area contributed by atoms with Gasteiger partial charge in [0.1, 0.15) is 11.5 Å². The first-order valence-corrected chi connectivity index (χ1v) is 10.7. The number of hydrogen-bond donors (Lipinski definition) is 3. The SMILES string of the molecule is Cc1cccc(Oc2ccc(NC(=O)CNC(=O)CNC(=O)c3ccc(Cl)cc3Cl)cc2)c1. The van der Waals surface area contributed by atoms with Crippen molar-refractivity contribution in [3.8, 4) is 11.5 Å². The lowest BCUT2D eigenvalue weighted by atomic mass is 10.2. The lowest BCUT2D eigenvalue weighted by Gasteiger charge is -2.10. The van der Waals surface area contributed by atoms with Crippen molar-refractivity contribution in [2.24, 2.45) is 0 Å². The Labute approximate surface area is 201 Å². The van der Waals surface area contributed by atoms with Gasteiger partial charge in [-0.25, -0.2) is 0 Å². The molecule has 0 bridgehead atoms. The summed E-state index contributed by atoms with van der Waals surface area (Å²) in [6, 6.07) is 18.9. The van der Waals surface area contributed by atoms with Crippen molar-refractivity contribution in [2.45, 2.75) is 6.92 Å². The third-order valence-electron chi connectivity index (χ3n) is 4.39. The van der Waals surface area contributed by atoms with E-state index in [4.69, 9.17) is 27.9 Å². The highest BCUT2D eigenvalue weighted by molar-refractivity contribution is 6.36. The fourth-order valence-electron chi connectivity index (χ4n) is 2.80. The topological polar surface area (TPSA) is 96.5 Å². The Kier molecular flexibility index (Phi) is 8.29. The monoisotopic (exact) mass is 485 g/mol. The molecule has 3 aromatic carbocycles. The Hall–Kier alpha value is -3.55. The molecule has 170 valence electrons. The van der Waals surface area contributed by atoms with Crippen molar-refractivity contribution in [2.75, 3.05) is 18.4 Å². The van der Waals surface area contributed by atoms with E-state index in [-0.39, 0.29) is 23.7 Å². The van der Waals surface area contributed by atoms with Crippen LogP contribution < -0.4 is 20.7 Å². The van der Waals surface area contributed by atoms with Crippen molar-refractivity contribution in [3.63, 3.8) is 0 Å². The number of amides is 3. The maximum Gasteiger partial charge on any atom is 0.253 e. The van der Waals surface area contributed by atoms with Crippen molar-refractivity contribution in [1.82, 2.24) is 10.6 Å². The molecule has 0 aromatic heterocycles. The van der Waals surface area contributed by atoms with Gasteiger partial charge in [-0.2, -0.15) is 0 Å². The summed E-state index contributed by atoms with van der Waals surface area (Å²) >= 11 is 11.8. The van der Waals surface area contributed by atoms with Crippen LogP contribution in [0.3, 0.4) is 0 Å². The number of ether oxygens (including phenoxy) is 1. The van der Waals surface area contributed by atoms with E-state index in [1.807, 2.05) is 31.2 Å². The maximum absolute atomic E-state index is 12.1. The van der Waals surface area contributed by atoms with E-state index in [2.05, 4.69) is 16.0 Å². The molecule has 3 rings (SSSR count). The fourth-order valence-corrected chi connectivity index (χ4v) is 3.29. The predicted octanol–water partition coefficient (Wildman–Crippen LogP) is 4.58. The van der Waals surface area contributed by atoms with Gasteiger partial charge in [0.25, 0.3) is 5.91 Å². The quantitative estimate of drug-likeness (QED) is 0.435. The van der Waals surface area contributed by atoms with Gasteiger partial charge in [-0.15, -0.1) is 0 Å². The van der Waals surface area contributed by atoms with Crippen molar-refractivity contribution >= 4 is 46.6 Å². The van der Waals surface area contributed by atoms with E-state index in [1.165, 1.54) is 18.2 Å². The third kappa shape index (κ3) is 7.52. The zero-order valence-corrected chi connectivity index (χ0v) is 19.2. The second-order valence-corrected chi connectivity index (χ2v) is 7.92. The number of anilines is 1. The summed E-state index contributed by atoms with van der Waals surface area (Å²) in [5, 5.41) is 8.12. The van der Waals surface area contributed by atoms with E-state index in [1.54, 1.807) is 24.3 Å². The molecule has 33 heavy (non-hydrogen) atoms. The smallest absolute Gasteiger partial charge is 0.253 e. The first-order valence-electron chi connectivity index (χ1n) is 9.94. The normalized spacial score (nSPS) is 10.3. The van der Waals surface area contributed by atoms with Gasteiger partial charge in [0.2, 0.25) is 11.8 Å². The van der Waals surface area contributed by atoms with Crippen LogP contribution in [0.4, 0.5) is 5.69 Å². The molecule has 0 aliphatic heterocycles. The summed E-state index contributed by atoms with van der Waals surface area (Å²) in [4.78, 5) is 36.1. The number of halogens is 2. The van der Waals surface area contributed by atoms with Crippen LogP contribution in [-0.2, 0) is 9.59 Å². The highest BCUT2D eigenvalue weighted by Gasteiger charge is 2.13. The van der Waals surface area contributed by atoms with E-state index in [0.29, 0.717) is 16.5 Å². The first-order chi connectivity index (χ1) is 15.8. The van der Waals surface area contributed by atoms with Gasteiger partial charge >= 0.3 is 0 Å². The minimum Gasteiger partial charge on any atom is -0.457 e. The highest BCUT2D eigenvalue weighted by atomic mass is 35.5. The van der Waals surface area contributed by atoms with E-state index < -0.39 is 17.7 Å². The van der Waals surface area contributed by atoms with E-state index in [9.17, 15) is 14.4 Å². The minimum absolute atomic E-state index is 0.176. The Bertz CT molecular complexity index is 1170. The molecule has 0 saturated carbocycles. The molecular formula is C24H21Cl2N3O4. The number of carbonyl (C=O) groups excluding carboxylic acids is 3. The standard InChI is InChI=1S/C24H21Cl2N3O4/c1-15-3-2-4-19(11-15)33-18-8-6-17(7-9-18)29-23(31)14-27-22(30)13-28-24(32)20-10-5-16(25)12-21(20)26/h2-12H,13-14H2,1H3,(H,27,30)(H,28,32)(H,29,31). The van der Waals surface area contributed by atoms with Gasteiger partial charge in [-0.1, -0.05) is 35.3 Å². The van der Waals surface area contributed by atoms with Gasteiger partial charge in [-0.05, 0) is 67.1 Å². The van der Waals surface area contributed by atoms with Crippen LogP contribution in [-0.4, -0.2) is 30.8 Å². The summed E-state index contributed by atoms with van der Waals surface area (Å²) in [6.07, 6.45) is 0. The molecule has 0 aliphatic carbocycles. The molecule has 3 amide bonds. The van der Waals surface area contributed by atoms with Crippen LogP contribution >= 0.6 is 23.2 Å². The van der Waals surface area contributed by atoms with Crippen molar-refractivity contribution in [1.29, 1.82) is 0 Å². The van der Waals surface area contributed by atoms with Crippen LogP contribution in [0.5, 0.6) is 11.5 Å². The minimum atomic E-state index is -0.524. The zero-order valence-electron chi connectivity index (χ0n) is 17.7. The molecule has 3 N–H and O–H groups in total. The van der Waals surface area contributed by atoms with Gasteiger partial charge in [0.15, 0.2) is 0 Å². The Morgan fingerprint density at radius 3 is 2.24 bits per heavy atom. The number of hydrogen-bond acceptors (Lipinski definition) is 4. The van der Waals surface area contributed by atoms with E-state index in [0.717, 1.165) is 11.3 Å². The van der Waals surface area contributed by atoms with Crippen LogP contribution in [0.1, 0.15) is 15.9 Å². The number of benzene rings is 3. The molecule has 0 unspecified atom stereocenters. The van der Waals surface area contributed by atoms with Crippen LogP contribution in [0.2, 0.25) is 10.0 Å². The summed E-state index contributed by atoms with van der Waals surface area (Å²) in [5.41, 5.74) is 1.84. The number of carbonyl (C=O) groups is 3. The Morgan fingerprint density at radius 1 is 0.818 bits per heavy atom. The van der Waals surface area contributed by atoms with Crippen LogP contribution in [0, 0.1) is 6.92 Å². The number of nitrogens with one attached hydrogen (secondary N) is 3. The Morgan fingerprint density at radius 2 is 1.55 bits per heavy atom. The molecule has 0 spiro atoms. The summed E-state index contributed by atoms with van der Waals surface area (Å²) in [5.74, 6) is -0.110. The maximum atomic E-state index is 12.1. The molecule has 3 aromatic rings. The molecule has 0 radical (unpaired) electrons. The van der Waals surface area contributed by atoms with Crippen molar-refractivity contribution in [3.05, 3.63) is 87.9 Å². The molecular weight excluding hydrogens is 465 g/mol. The molecule has 0 saturated heterocycles. The lowest BCUT2D eigenvalue weighted by Crippen LogP contribution is -2.40. The molecule has 7 nitrogen and oxygen atoms in total. The van der Waals surface area contributed by atoms with E-state index >= 15 is 0 Å². The lowest BCUT2D eigenvalue weighted by molar-refractivity contribution is -0.123. The summed E-state index contributed by atoms with van der Waals surface area (Å²) in [7, 11) is 0. The summed E-state index contributed by atoms with van der Waals surface area (Å²) in [6.45, 7) is 1.42. The largest absolute Gasteiger partial charge is 0.457 e. The van der Waals surface area contributed by atoms with Crippen LogP contribution in [0.15, 0.2) is 66.7 Å². The van der Waals surface area contributed by atoms with Gasteiger partial charge in [0, 0.05) is 10.7 Å². The molecule has 0 heterocycles. The first kappa shape index (κ1) is 24.1. The van der Waals surface area contributed by atoms with Crippen molar-refractivity contribution < 1.29 is 19.1 Å². The van der Waals surface area contributed by atoms with Crippen LogP contribution in [0.25, 0.3) is 0 Å². The highest BCUT2D eigenvalue weighted by Crippen LogP contribution is 2.24. The average molecular weight is 486 g/mol. The zero-order chi connectivity index (χ0) is 23.8. The van der Waals surface area contributed by atoms with Gasteiger partial charge < -0.3 is 20.7 Å². The fraction of sp³-hybridized carbons (Fsp3) is 0.125. The molecule has 0 atom stereocenters. The number of rotatable bonds is 8.